The van der Waals surface area contributed by atoms with E-state index in [4.69, 9.17) is 0 Å². The maximum atomic E-state index is 11.7. The van der Waals surface area contributed by atoms with E-state index in [-0.39, 0.29) is 18.6 Å². The van der Waals surface area contributed by atoms with Crippen molar-refractivity contribution in [3.8, 4) is 0 Å². The highest BCUT2D eigenvalue weighted by atomic mass is 79.9. The van der Waals surface area contributed by atoms with Crippen molar-refractivity contribution in [1.82, 2.24) is 0 Å². The first kappa shape index (κ1) is 15.1. The monoisotopic (exact) mass is 294 g/mol. The first-order valence-corrected chi connectivity index (χ1v) is 5.79. The Morgan fingerprint density at radius 2 is 1.56 bits per heavy atom. The SMILES string of the molecule is COC(=O)C(CCBr)(CC(C)=O)C(=O)OC. The fraction of sp³-hybridized carbons (Fsp3) is 0.700. The van der Waals surface area contributed by atoms with Gasteiger partial charge in [-0.3, -0.25) is 14.4 Å². The summed E-state index contributed by atoms with van der Waals surface area (Å²) in [6.07, 6.45) is -0.0517. The number of ether oxygens (including phenoxy) is 2. The third-order valence-corrected chi connectivity index (χ3v) is 2.62. The maximum Gasteiger partial charge on any atom is 0.323 e. The van der Waals surface area contributed by atoms with Gasteiger partial charge in [-0.2, -0.15) is 0 Å². The third kappa shape index (κ3) is 3.30. The molecule has 0 aliphatic rings. The first-order valence-electron chi connectivity index (χ1n) is 4.67. The molecule has 0 unspecified atom stereocenters. The van der Waals surface area contributed by atoms with E-state index in [1.54, 1.807) is 0 Å². The van der Waals surface area contributed by atoms with Crippen molar-refractivity contribution in [2.24, 2.45) is 5.41 Å². The molecule has 0 amide bonds. The summed E-state index contributed by atoms with van der Waals surface area (Å²) >= 11 is 3.14. The molecule has 0 aliphatic carbocycles. The van der Waals surface area contributed by atoms with Gasteiger partial charge >= 0.3 is 11.9 Å². The van der Waals surface area contributed by atoms with Crippen molar-refractivity contribution in [2.45, 2.75) is 19.8 Å². The molecular formula is C10H15BrO5. The molecule has 0 bridgehead atoms. The number of carbonyl (C=O) groups is 3. The second kappa shape index (κ2) is 6.62. The van der Waals surface area contributed by atoms with Crippen molar-refractivity contribution >= 4 is 33.7 Å². The average Bonchev–Trinajstić information content (AvgIpc) is 2.25. The molecule has 92 valence electrons. The van der Waals surface area contributed by atoms with Crippen molar-refractivity contribution in [1.29, 1.82) is 0 Å². The Bertz CT molecular complexity index is 271. The lowest BCUT2D eigenvalue weighted by molar-refractivity contribution is -0.171. The Labute approximate surface area is 103 Å². The Kier molecular flexibility index (Phi) is 6.25. The average molecular weight is 295 g/mol. The Hall–Kier alpha value is -0.910. The normalized spacial score (nSPS) is 10.8. The molecule has 0 atom stereocenters. The number of carbonyl (C=O) groups excluding carboxylic acids is 3. The first-order chi connectivity index (χ1) is 7.44. The van der Waals surface area contributed by atoms with Crippen LogP contribution in [0.5, 0.6) is 0 Å². The highest BCUT2D eigenvalue weighted by Crippen LogP contribution is 2.31. The quantitative estimate of drug-likeness (QED) is 0.417. The van der Waals surface area contributed by atoms with Crippen LogP contribution in [0.15, 0.2) is 0 Å². The van der Waals surface area contributed by atoms with Crippen LogP contribution < -0.4 is 0 Å². The van der Waals surface area contributed by atoms with E-state index < -0.39 is 17.4 Å². The van der Waals surface area contributed by atoms with E-state index in [1.165, 1.54) is 21.1 Å². The van der Waals surface area contributed by atoms with Crippen molar-refractivity contribution in [3.05, 3.63) is 0 Å². The second-order valence-electron chi connectivity index (χ2n) is 3.38. The summed E-state index contributed by atoms with van der Waals surface area (Å²) in [6, 6.07) is 0. The van der Waals surface area contributed by atoms with Gasteiger partial charge in [0.05, 0.1) is 14.2 Å². The Morgan fingerprint density at radius 3 is 1.81 bits per heavy atom. The van der Waals surface area contributed by atoms with E-state index in [2.05, 4.69) is 25.4 Å². The smallest absolute Gasteiger partial charge is 0.323 e. The lowest BCUT2D eigenvalue weighted by Gasteiger charge is -2.26. The molecule has 0 spiro atoms. The zero-order valence-electron chi connectivity index (χ0n) is 9.54. The number of Topliss-reactive ketones (excluding diaryl/α,β-unsaturated/α-hetero) is 1. The van der Waals surface area contributed by atoms with Gasteiger partial charge in [-0.1, -0.05) is 15.9 Å². The van der Waals surface area contributed by atoms with Crippen LogP contribution in [-0.4, -0.2) is 37.3 Å². The molecule has 0 aromatic carbocycles. The molecule has 0 saturated heterocycles. The molecule has 0 aromatic heterocycles. The van der Waals surface area contributed by atoms with Crippen LogP contribution in [0.4, 0.5) is 0 Å². The molecule has 0 radical (unpaired) electrons. The highest BCUT2D eigenvalue weighted by Gasteiger charge is 2.48. The maximum absolute atomic E-state index is 11.7. The summed E-state index contributed by atoms with van der Waals surface area (Å²) in [5, 5.41) is 0.393. The molecule has 0 rings (SSSR count). The van der Waals surface area contributed by atoms with Gasteiger partial charge in [-0.15, -0.1) is 0 Å². The summed E-state index contributed by atoms with van der Waals surface area (Å²) in [4.78, 5) is 34.5. The standard InChI is InChI=1S/C10H15BrO5/c1-7(12)6-10(4-5-11,8(13)15-2)9(14)16-3/h4-6H2,1-3H3. The molecule has 5 nitrogen and oxygen atoms in total. The van der Waals surface area contributed by atoms with Crippen molar-refractivity contribution in [2.75, 3.05) is 19.5 Å². The van der Waals surface area contributed by atoms with Gasteiger partial charge in [0, 0.05) is 11.8 Å². The molecule has 0 aliphatic heterocycles. The number of methoxy groups -OCH3 is 2. The molecule has 0 heterocycles. The minimum atomic E-state index is -1.53. The van der Waals surface area contributed by atoms with Gasteiger partial charge in [0.1, 0.15) is 5.78 Å². The Balaban J connectivity index is 5.28. The number of hydrogen-bond acceptors (Lipinski definition) is 5. The number of ketones is 1. The fourth-order valence-electron chi connectivity index (χ4n) is 1.50. The van der Waals surface area contributed by atoms with Gasteiger partial charge in [0.2, 0.25) is 0 Å². The van der Waals surface area contributed by atoms with Crippen molar-refractivity contribution in [3.63, 3.8) is 0 Å². The van der Waals surface area contributed by atoms with Gasteiger partial charge in [0.25, 0.3) is 0 Å². The topological polar surface area (TPSA) is 69.7 Å². The van der Waals surface area contributed by atoms with E-state index in [9.17, 15) is 14.4 Å². The van der Waals surface area contributed by atoms with Crippen LogP contribution in [0.1, 0.15) is 19.8 Å². The minimum Gasteiger partial charge on any atom is -0.468 e. The van der Waals surface area contributed by atoms with Gasteiger partial charge < -0.3 is 9.47 Å². The molecule has 0 N–H and O–H groups in total. The van der Waals surface area contributed by atoms with Gasteiger partial charge in [-0.25, -0.2) is 0 Å². The largest absolute Gasteiger partial charge is 0.468 e. The van der Waals surface area contributed by atoms with E-state index >= 15 is 0 Å². The molecule has 6 heteroatoms. The molecular weight excluding hydrogens is 280 g/mol. The number of esters is 2. The van der Waals surface area contributed by atoms with E-state index in [0.29, 0.717) is 5.33 Å². The Morgan fingerprint density at radius 1 is 1.12 bits per heavy atom. The zero-order valence-corrected chi connectivity index (χ0v) is 11.1. The van der Waals surface area contributed by atoms with Crippen LogP contribution in [-0.2, 0) is 23.9 Å². The van der Waals surface area contributed by atoms with Gasteiger partial charge in [-0.05, 0) is 13.3 Å². The van der Waals surface area contributed by atoms with E-state index in [1.807, 2.05) is 0 Å². The summed E-state index contributed by atoms with van der Waals surface area (Å²) < 4.78 is 9.16. The fourth-order valence-corrected chi connectivity index (χ4v) is 2.17. The summed E-state index contributed by atoms with van der Waals surface area (Å²) in [5.41, 5.74) is -1.53. The van der Waals surface area contributed by atoms with Crippen LogP contribution >= 0.6 is 15.9 Å². The van der Waals surface area contributed by atoms with E-state index in [0.717, 1.165) is 0 Å². The third-order valence-electron chi connectivity index (χ3n) is 2.22. The predicted molar refractivity (Wildman–Crippen MR) is 60.2 cm³/mol. The van der Waals surface area contributed by atoms with Crippen LogP contribution in [0.2, 0.25) is 0 Å². The lowest BCUT2D eigenvalue weighted by atomic mass is 9.80. The van der Waals surface area contributed by atoms with Crippen LogP contribution in [0.3, 0.4) is 0 Å². The number of alkyl halides is 1. The molecule has 0 saturated carbocycles. The summed E-state index contributed by atoms with van der Waals surface area (Å²) in [5.74, 6) is -1.75. The van der Waals surface area contributed by atoms with Crippen LogP contribution in [0.25, 0.3) is 0 Å². The second-order valence-corrected chi connectivity index (χ2v) is 4.18. The predicted octanol–water partition coefficient (Wildman–Crippen LogP) is 1.08. The van der Waals surface area contributed by atoms with Crippen molar-refractivity contribution < 1.29 is 23.9 Å². The molecule has 0 fully saturated rings. The lowest BCUT2D eigenvalue weighted by Crippen LogP contribution is -2.43. The summed E-state index contributed by atoms with van der Waals surface area (Å²) in [7, 11) is 2.35. The molecule has 16 heavy (non-hydrogen) atoms. The highest BCUT2D eigenvalue weighted by molar-refractivity contribution is 9.09. The van der Waals surface area contributed by atoms with Crippen LogP contribution in [0, 0.1) is 5.41 Å². The number of hydrogen-bond donors (Lipinski definition) is 0. The number of halogens is 1. The minimum absolute atomic E-state index is 0.159. The summed E-state index contributed by atoms with van der Waals surface area (Å²) in [6.45, 7) is 1.31. The molecule has 0 aromatic rings. The number of rotatable bonds is 6. The zero-order chi connectivity index (χ0) is 12.8. The van der Waals surface area contributed by atoms with Gasteiger partial charge in [0.15, 0.2) is 5.41 Å².